The van der Waals surface area contributed by atoms with E-state index in [1.54, 1.807) is 4.68 Å². The van der Waals surface area contributed by atoms with Gasteiger partial charge in [0.05, 0.1) is 11.7 Å². The summed E-state index contributed by atoms with van der Waals surface area (Å²) in [5, 5.41) is 14.2. The molecule has 1 heterocycles. The molecule has 1 N–H and O–H groups in total. The van der Waals surface area contributed by atoms with Crippen LogP contribution < -0.4 is 0 Å². The van der Waals surface area contributed by atoms with Crippen LogP contribution >= 0.6 is 15.9 Å². The third kappa shape index (κ3) is 3.85. The predicted molar refractivity (Wildman–Crippen MR) is 77.6 cm³/mol. The monoisotopic (exact) mass is 359 g/mol. The van der Waals surface area contributed by atoms with Crippen molar-refractivity contribution in [2.75, 3.05) is 0 Å². The molecule has 0 radical (unpaired) electrons. The Morgan fingerprint density at radius 1 is 1.29 bits per heavy atom. The first-order chi connectivity index (χ1) is 9.88. The highest BCUT2D eigenvalue weighted by Crippen LogP contribution is 2.26. The number of benzene rings is 1. The Balaban J connectivity index is 2.23. The van der Waals surface area contributed by atoms with Crippen LogP contribution in [0.5, 0.6) is 0 Å². The van der Waals surface area contributed by atoms with Crippen LogP contribution in [0.1, 0.15) is 31.3 Å². The Hall–Kier alpha value is -1.34. The molecule has 0 aliphatic carbocycles. The Morgan fingerprint density at radius 2 is 1.90 bits per heavy atom. The van der Waals surface area contributed by atoms with Crippen LogP contribution in [0.2, 0.25) is 0 Å². The highest BCUT2D eigenvalue weighted by molar-refractivity contribution is 9.10. The second-order valence-corrected chi connectivity index (χ2v) is 6.17. The van der Waals surface area contributed by atoms with E-state index in [9.17, 15) is 13.9 Å². The van der Waals surface area contributed by atoms with E-state index in [1.807, 2.05) is 13.8 Å². The van der Waals surface area contributed by atoms with Crippen molar-refractivity contribution in [1.82, 2.24) is 14.8 Å². The molecule has 1 aromatic heterocycles. The third-order valence-electron chi connectivity index (χ3n) is 2.99. The van der Waals surface area contributed by atoms with Crippen molar-refractivity contribution >= 4 is 15.9 Å². The van der Waals surface area contributed by atoms with Crippen LogP contribution in [-0.2, 0) is 13.0 Å². The number of rotatable bonds is 5. The lowest BCUT2D eigenvalue weighted by Crippen LogP contribution is -2.15. The van der Waals surface area contributed by atoms with Gasteiger partial charge in [0.1, 0.15) is 23.8 Å². The number of halogens is 3. The van der Waals surface area contributed by atoms with E-state index in [-0.39, 0.29) is 16.5 Å². The summed E-state index contributed by atoms with van der Waals surface area (Å²) in [4.78, 5) is 4.05. The second-order valence-electron chi connectivity index (χ2n) is 5.26. The number of hydrogen-bond acceptors (Lipinski definition) is 3. The SMILES string of the molecule is CC(C)Cn1ncnc1CC(O)c1c(F)cc(Br)cc1F. The van der Waals surface area contributed by atoms with Crippen molar-refractivity contribution in [3.05, 3.63) is 46.0 Å². The number of hydrogen-bond donors (Lipinski definition) is 1. The van der Waals surface area contributed by atoms with Gasteiger partial charge in [-0.3, -0.25) is 0 Å². The van der Waals surface area contributed by atoms with Gasteiger partial charge in [0, 0.05) is 17.4 Å². The molecule has 0 aliphatic heterocycles. The van der Waals surface area contributed by atoms with Gasteiger partial charge in [-0.15, -0.1) is 0 Å². The smallest absolute Gasteiger partial charge is 0.138 e. The van der Waals surface area contributed by atoms with Crippen molar-refractivity contribution in [2.24, 2.45) is 5.92 Å². The number of nitrogens with zero attached hydrogens (tertiary/aromatic N) is 3. The molecule has 21 heavy (non-hydrogen) atoms. The number of aliphatic hydroxyl groups is 1. The molecule has 0 aliphatic rings. The maximum atomic E-state index is 13.8. The standard InChI is InChI=1S/C14H16BrF2N3O/c1-8(2)6-20-13(18-7-19-20)5-12(21)14-10(16)3-9(15)4-11(14)17/h3-4,7-8,12,21H,5-6H2,1-2H3. The van der Waals surface area contributed by atoms with Crippen molar-refractivity contribution in [3.8, 4) is 0 Å². The Morgan fingerprint density at radius 3 is 2.48 bits per heavy atom. The molecular weight excluding hydrogens is 344 g/mol. The van der Waals surface area contributed by atoms with E-state index in [4.69, 9.17) is 0 Å². The summed E-state index contributed by atoms with van der Waals surface area (Å²) in [7, 11) is 0. The zero-order valence-corrected chi connectivity index (χ0v) is 13.3. The van der Waals surface area contributed by atoms with Crippen LogP contribution in [0, 0.1) is 17.6 Å². The van der Waals surface area contributed by atoms with Crippen molar-refractivity contribution in [1.29, 1.82) is 0 Å². The van der Waals surface area contributed by atoms with Gasteiger partial charge in [0.2, 0.25) is 0 Å². The van der Waals surface area contributed by atoms with E-state index in [0.29, 0.717) is 18.3 Å². The quantitative estimate of drug-likeness (QED) is 0.891. The largest absolute Gasteiger partial charge is 0.388 e. The summed E-state index contributed by atoms with van der Waals surface area (Å²) in [6.07, 6.45) is 0.0641. The molecule has 0 saturated carbocycles. The molecule has 7 heteroatoms. The summed E-state index contributed by atoms with van der Waals surface area (Å²) >= 11 is 3.01. The van der Waals surface area contributed by atoms with E-state index >= 15 is 0 Å². The van der Waals surface area contributed by atoms with Gasteiger partial charge in [0.15, 0.2) is 0 Å². The van der Waals surface area contributed by atoms with Gasteiger partial charge >= 0.3 is 0 Å². The zero-order chi connectivity index (χ0) is 15.6. The molecule has 1 aromatic carbocycles. The highest BCUT2D eigenvalue weighted by atomic mass is 79.9. The molecule has 1 unspecified atom stereocenters. The summed E-state index contributed by atoms with van der Waals surface area (Å²) in [6, 6.07) is 2.25. The fourth-order valence-electron chi connectivity index (χ4n) is 2.09. The normalized spacial score (nSPS) is 12.9. The van der Waals surface area contributed by atoms with E-state index in [1.165, 1.54) is 6.33 Å². The minimum atomic E-state index is -1.31. The van der Waals surface area contributed by atoms with Crippen LogP contribution in [0.25, 0.3) is 0 Å². The van der Waals surface area contributed by atoms with Crippen molar-refractivity contribution in [2.45, 2.75) is 32.9 Å². The summed E-state index contributed by atoms with van der Waals surface area (Å²) in [5.41, 5.74) is -0.350. The Bertz CT molecular complexity index is 607. The van der Waals surface area contributed by atoms with Gasteiger partial charge < -0.3 is 5.11 Å². The van der Waals surface area contributed by atoms with Crippen LogP contribution in [0.15, 0.2) is 22.9 Å². The highest BCUT2D eigenvalue weighted by Gasteiger charge is 2.21. The molecule has 0 amide bonds. The number of aromatic nitrogens is 3. The Kier molecular flexibility index (Phi) is 5.05. The molecule has 2 rings (SSSR count). The first-order valence-electron chi connectivity index (χ1n) is 6.57. The van der Waals surface area contributed by atoms with Crippen molar-refractivity contribution in [3.63, 3.8) is 0 Å². The van der Waals surface area contributed by atoms with Crippen LogP contribution in [-0.4, -0.2) is 19.9 Å². The van der Waals surface area contributed by atoms with Gasteiger partial charge in [0.25, 0.3) is 0 Å². The molecule has 0 saturated heterocycles. The molecule has 0 bridgehead atoms. The minimum absolute atomic E-state index is 0.00217. The summed E-state index contributed by atoms with van der Waals surface area (Å²) < 4.78 is 29.6. The van der Waals surface area contributed by atoms with Gasteiger partial charge in [-0.2, -0.15) is 5.10 Å². The summed E-state index contributed by atoms with van der Waals surface area (Å²) in [5.74, 6) is -0.727. The molecule has 4 nitrogen and oxygen atoms in total. The lowest BCUT2D eigenvalue weighted by atomic mass is 10.0. The summed E-state index contributed by atoms with van der Waals surface area (Å²) in [6.45, 7) is 4.68. The first kappa shape index (κ1) is 16.0. The van der Waals surface area contributed by atoms with Crippen molar-refractivity contribution < 1.29 is 13.9 Å². The molecule has 0 spiro atoms. The van der Waals surface area contributed by atoms with E-state index in [2.05, 4.69) is 26.0 Å². The molecule has 0 fully saturated rings. The maximum absolute atomic E-state index is 13.8. The van der Waals surface area contributed by atoms with Crippen LogP contribution in [0.3, 0.4) is 0 Å². The molecule has 114 valence electrons. The maximum Gasteiger partial charge on any atom is 0.138 e. The fraction of sp³-hybridized carbons (Fsp3) is 0.429. The zero-order valence-electron chi connectivity index (χ0n) is 11.7. The topological polar surface area (TPSA) is 50.9 Å². The first-order valence-corrected chi connectivity index (χ1v) is 7.37. The van der Waals surface area contributed by atoms with E-state index in [0.717, 1.165) is 12.1 Å². The second kappa shape index (κ2) is 6.62. The van der Waals surface area contributed by atoms with Gasteiger partial charge in [-0.1, -0.05) is 29.8 Å². The molecule has 2 aromatic rings. The average Bonchev–Trinajstić information content (AvgIpc) is 2.74. The Labute approximate surface area is 129 Å². The number of aliphatic hydroxyl groups excluding tert-OH is 1. The third-order valence-corrected chi connectivity index (χ3v) is 3.44. The van der Waals surface area contributed by atoms with Gasteiger partial charge in [-0.05, 0) is 18.1 Å². The lowest BCUT2D eigenvalue weighted by Gasteiger charge is -2.14. The fourth-order valence-corrected chi connectivity index (χ4v) is 2.49. The predicted octanol–water partition coefficient (Wildman–Crippen LogP) is 3.25. The molecule has 1 atom stereocenters. The van der Waals surface area contributed by atoms with Gasteiger partial charge in [-0.25, -0.2) is 18.4 Å². The van der Waals surface area contributed by atoms with E-state index < -0.39 is 17.7 Å². The lowest BCUT2D eigenvalue weighted by molar-refractivity contribution is 0.163. The minimum Gasteiger partial charge on any atom is -0.388 e. The van der Waals surface area contributed by atoms with Crippen LogP contribution in [0.4, 0.5) is 8.78 Å². The molecular formula is C14H16BrF2N3O. The average molecular weight is 360 g/mol.